The van der Waals surface area contributed by atoms with E-state index in [0.29, 0.717) is 29.6 Å². The van der Waals surface area contributed by atoms with Gasteiger partial charge in [0.25, 0.3) is 0 Å². The molecule has 27 heavy (non-hydrogen) atoms. The first kappa shape index (κ1) is 19.8. The summed E-state index contributed by atoms with van der Waals surface area (Å²) in [6.45, 7) is 2.44. The molecule has 2 aromatic rings. The van der Waals surface area contributed by atoms with Crippen LogP contribution in [0.2, 0.25) is 5.02 Å². The molecule has 0 spiro atoms. The average molecular weight is 407 g/mol. The Morgan fingerprint density at radius 1 is 1.33 bits per heavy atom. The van der Waals surface area contributed by atoms with Gasteiger partial charge >= 0.3 is 0 Å². The van der Waals surface area contributed by atoms with Crippen LogP contribution < -0.4 is 5.32 Å². The van der Waals surface area contributed by atoms with E-state index >= 15 is 0 Å². The van der Waals surface area contributed by atoms with E-state index in [1.807, 2.05) is 30.5 Å². The normalized spacial score (nSPS) is 16.5. The molecular formula is C19H23ClN4O2S. The van der Waals surface area contributed by atoms with Crippen molar-refractivity contribution in [3.63, 3.8) is 0 Å². The molecule has 8 heteroatoms. The first-order chi connectivity index (χ1) is 13.1. The monoisotopic (exact) mass is 406 g/mol. The van der Waals surface area contributed by atoms with Crippen LogP contribution >= 0.6 is 23.4 Å². The predicted octanol–water partition coefficient (Wildman–Crippen LogP) is 3.23. The SMILES string of the molecule is CCCCC(=O)N1CSCC1C(=O)NCc1cnn(-c2ccc(Cl)cc2)c1. The quantitative estimate of drug-likeness (QED) is 0.766. The molecule has 1 saturated heterocycles. The van der Waals surface area contributed by atoms with Crippen molar-refractivity contribution in [1.82, 2.24) is 20.0 Å². The highest BCUT2D eigenvalue weighted by atomic mass is 35.5. The number of benzene rings is 1. The number of thioether (sulfide) groups is 1. The van der Waals surface area contributed by atoms with Crippen LogP contribution in [-0.2, 0) is 16.1 Å². The largest absolute Gasteiger partial charge is 0.350 e. The number of halogens is 1. The maximum atomic E-state index is 12.6. The maximum Gasteiger partial charge on any atom is 0.243 e. The van der Waals surface area contributed by atoms with Crippen molar-refractivity contribution in [2.45, 2.75) is 38.8 Å². The first-order valence-corrected chi connectivity index (χ1v) is 10.6. The van der Waals surface area contributed by atoms with E-state index in [0.717, 1.165) is 24.1 Å². The molecule has 1 aromatic carbocycles. The summed E-state index contributed by atoms with van der Waals surface area (Å²) in [6, 6.07) is 7.00. The molecule has 2 heterocycles. The first-order valence-electron chi connectivity index (χ1n) is 9.03. The van der Waals surface area contributed by atoms with Crippen LogP contribution in [0.1, 0.15) is 31.7 Å². The van der Waals surface area contributed by atoms with Crippen molar-refractivity contribution >= 4 is 35.2 Å². The number of carbonyl (C=O) groups excluding carboxylic acids is 2. The van der Waals surface area contributed by atoms with E-state index in [9.17, 15) is 9.59 Å². The maximum absolute atomic E-state index is 12.6. The van der Waals surface area contributed by atoms with Gasteiger partial charge in [0.2, 0.25) is 11.8 Å². The van der Waals surface area contributed by atoms with Crippen LogP contribution in [0.15, 0.2) is 36.7 Å². The number of unbranched alkanes of at least 4 members (excludes halogenated alkanes) is 1. The molecule has 2 amide bonds. The second kappa shape index (κ2) is 9.28. The average Bonchev–Trinajstić information content (AvgIpc) is 3.34. The van der Waals surface area contributed by atoms with Crippen molar-refractivity contribution in [2.24, 2.45) is 0 Å². The zero-order chi connectivity index (χ0) is 19.2. The second-order valence-corrected chi connectivity index (χ2v) is 7.91. The lowest BCUT2D eigenvalue weighted by atomic mass is 10.2. The Morgan fingerprint density at radius 2 is 2.11 bits per heavy atom. The molecule has 6 nitrogen and oxygen atoms in total. The number of hydrogen-bond donors (Lipinski definition) is 1. The number of rotatable bonds is 7. The molecule has 1 fully saturated rings. The summed E-state index contributed by atoms with van der Waals surface area (Å²) in [4.78, 5) is 26.5. The molecule has 1 aliphatic heterocycles. The van der Waals surface area contributed by atoms with Gasteiger partial charge in [0.1, 0.15) is 6.04 Å². The fraction of sp³-hybridized carbons (Fsp3) is 0.421. The zero-order valence-corrected chi connectivity index (χ0v) is 16.8. The predicted molar refractivity (Wildman–Crippen MR) is 108 cm³/mol. The van der Waals surface area contributed by atoms with Crippen molar-refractivity contribution in [2.75, 3.05) is 11.6 Å². The molecule has 144 valence electrons. The van der Waals surface area contributed by atoms with E-state index in [4.69, 9.17) is 11.6 Å². The van der Waals surface area contributed by atoms with Crippen molar-refractivity contribution in [3.05, 3.63) is 47.2 Å². The fourth-order valence-electron chi connectivity index (χ4n) is 2.87. The van der Waals surface area contributed by atoms with Gasteiger partial charge in [0, 0.05) is 35.5 Å². The van der Waals surface area contributed by atoms with E-state index < -0.39 is 0 Å². The van der Waals surface area contributed by atoms with Gasteiger partial charge in [-0.25, -0.2) is 4.68 Å². The van der Waals surface area contributed by atoms with E-state index in [2.05, 4.69) is 17.3 Å². The lowest BCUT2D eigenvalue weighted by Crippen LogP contribution is -2.47. The summed E-state index contributed by atoms with van der Waals surface area (Å²) in [5.74, 6) is 1.20. The topological polar surface area (TPSA) is 67.2 Å². The summed E-state index contributed by atoms with van der Waals surface area (Å²) >= 11 is 7.53. The molecule has 1 atom stereocenters. The van der Waals surface area contributed by atoms with E-state index in [1.54, 1.807) is 27.5 Å². The van der Waals surface area contributed by atoms with Crippen molar-refractivity contribution in [1.29, 1.82) is 0 Å². The minimum atomic E-state index is -0.384. The molecule has 0 saturated carbocycles. The highest BCUT2D eigenvalue weighted by molar-refractivity contribution is 7.99. The molecular weight excluding hydrogens is 384 g/mol. The summed E-state index contributed by atoms with van der Waals surface area (Å²) in [6.07, 6.45) is 5.94. The van der Waals surface area contributed by atoms with Crippen molar-refractivity contribution < 1.29 is 9.59 Å². The highest BCUT2D eigenvalue weighted by Gasteiger charge is 2.33. The molecule has 1 aromatic heterocycles. The fourth-order valence-corrected chi connectivity index (χ4v) is 4.18. The molecule has 3 rings (SSSR count). The number of nitrogens with zero attached hydrogens (tertiary/aromatic N) is 3. The van der Waals surface area contributed by atoms with Gasteiger partial charge in [-0.1, -0.05) is 24.9 Å². The summed E-state index contributed by atoms with van der Waals surface area (Å²) in [5.41, 5.74) is 1.80. The van der Waals surface area contributed by atoms with Gasteiger partial charge < -0.3 is 10.2 Å². The molecule has 0 aliphatic carbocycles. The second-order valence-electron chi connectivity index (χ2n) is 6.47. The van der Waals surface area contributed by atoms with Crippen LogP contribution in [0, 0.1) is 0 Å². The summed E-state index contributed by atoms with van der Waals surface area (Å²) in [5, 5.41) is 7.93. The van der Waals surface area contributed by atoms with Gasteiger partial charge in [-0.05, 0) is 30.7 Å². The molecule has 0 radical (unpaired) electrons. The van der Waals surface area contributed by atoms with Gasteiger partial charge in [-0.15, -0.1) is 11.8 Å². The minimum Gasteiger partial charge on any atom is -0.350 e. The van der Waals surface area contributed by atoms with Crippen molar-refractivity contribution in [3.8, 4) is 5.69 Å². The lowest BCUT2D eigenvalue weighted by Gasteiger charge is -2.23. The van der Waals surface area contributed by atoms with Gasteiger partial charge in [-0.2, -0.15) is 5.10 Å². The Morgan fingerprint density at radius 3 is 2.85 bits per heavy atom. The van der Waals surface area contributed by atoms with Crippen LogP contribution in [0.5, 0.6) is 0 Å². The van der Waals surface area contributed by atoms with Gasteiger partial charge in [0.15, 0.2) is 0 Å². The number of hydrogen-bond acceptors (Lipinski definition) is 4. The zero-order valence-electron chi connectivity index (χ0n) is 15.2. The summed E-state index contributed by atoms with van der Waals surface area (Å²) in [7, 11) is 0. The molecule has 1 N–H and O–H groups in total. The third kappa shape index (κ3) is 5.05. The van der Waals surface area contributed by atoms with Crippen LogP contribution in [0.4, 0.5) is 0 Å². The molecule has 1 aliphatic rings. The number of carbonyl (C=O) groups is 2. The minimum absolute atomic E-state index is 0.0672. The molecule has 1 unspecified atom stereocenters. The Hall–Kier alpha value is -1.99. The standard InChI is InChI=1S/C19H23ClN4O2S/c1-2-3-4-18(25)23-13-27-12-17(23)19(26)21-9-14-10-22-24(11-14)16-7-5-15(20)6-8-16/h5-8,10-11,17H,2-4,9,12-13H2,1H3,(H,21,26). The molecule has 0 bridgehead atoms. The number of nitrogens with one attached hydrogen (secondary N) is 1. The third-order valence-electron chi connectivity index (χ3n) is 4.44. The van der Waals surface area contributed by atoms with Crippen LogP contribution in [0.3, 0.4) is 0 Å². The number of aromatic nitrogens is 2. The van der Waals surface area contributed by atoms with E-state index in [1.165, 1.54) is 0 Å². The van der Waals surface area contributed by atoms with Gasteiger partial charge in [-0.3, -0.25) is 9.59 Å². The lowest BCUT2D eigenvalue weighted by molar-refractivity contribution is -0.138. The van der Waals surface area contributed by atoms with Gasteiger partial charge in [0.05, 0.1) is 17.8 Å². The Kier molecular flexibility index (Phi) is 6.79. The third-order valence-corrected chi connectivity index (χ3v) is 5.71. The Bertz CT molecular complexity index is 793. The highest BCUT2D eigenvalue weighted by Crippen LogP contribution is 2.22. The Balaban J connectivity index is 1.56. The van der Waals surface area contributed by atoms with Crippen LogP contribution in [0.25, 0.3) is 5.69 Å². The van der Waals surface area contributed by atoms with Crippen LogP contribution in [-0.4, -0.2) is 44.2 Å². The van der Waals surface area contributed by atoms with E-state index in [-0.39, 0.29) is 17.9 Å². The Labute approximate surface area is 168 Å². The summed E-state index contributed by atoms with van der Waals surface area (Å²) < 4.78 is 1.74. The number of amides is 2. The smallest absolute Gasteiger partial charge is 0.243 e.